The van der Waals surface area contributed by atoms with E-state index in [1.165, 1.54) is 7.11 Å². The Morgan fingerprint density at radius 2 is 1.70 bits per heavy atom. The minimum absolute atomic E-state index is 0.147. The van der Waals surface area contributed by atoms with Crippen LogP contribution in [-0.4, -0.2) is 19.3 Å². The number of phosphoric acid groups is 1. The Morgan fingerprint density at radius 1 is 1.30 bits per heavy atom. The van der Waals surface area contributed by atoms with Crippen molar-refractivity contribution in [3.05, 3.63) is 0 Å². The molecule has 0 radical (unpaired) electrons. The summed E-state index contributed by atoms with van der Waals surface area (Å²) >= 11 is 0. The van der Waals surface area contributed by atoms with Crippen molar-refractivity contribution in [3.63, 3.8) is 0 Å². The molecule has 0 aromatic rings. The summed E-state index contributed by atoms with van der Waals surface area (Å²) < 4.78 is 25.5. The van der Waals surface area contributed by atoms with Crippen LogP contribution in [0.15, 0.2) is 0 Å². The number of phosphoric ester groups is 1. The van der Waals surface area contributed by atoms with Crippen LogP contribution in [0.4, 0.5) is 0 Å². The molecular formula is C5H11O4P. The van der Waals surface area contributed by atoms with Crippen molar-refractivity contribution in [2.75, 3.05) is 7.11 Å². The number of rotatable bonds is 1. The SMILES string of the molecule is COP1(=O)O[C@@H](C)[C@@H](C)O1. The van der Waals surface area contributed by atoms with Crippen molar-refractivity contribution < 1.29 is 18.1 Å². The van der Waals surface area contributed by atoms with E-state index in [4.69, 9.17) is 9.05 Å². The lowest BCUT2D eigenvalue weighted by molar-refractivity contribution is 0.187. The molecule has 1 aliphatic heterocycles. The van der Waals surface area contributed by atoms with Crippen LogP contribution in [0.3, 0.4) is 0 Å². The fourth-order valence-corrected chi connectivity index (χ4v) is 2.07. The first-order valence-electron chi connectivity index (χ1n) is 3.10. The van der Waals surface area contributed by atoms with E-state index in [-0.39, 0.29) is 12.2 Å². The van der Waals surface area contributed by atoms with Crippen LogP contribution < -0.4 is 0 Å². The molecule has 0 spiro atoms. The van der Waals surface area contributed by atoms with Crippen molar-refractivity contribution >= 4 is 7.82 Å². The van der Waals surface area contributed by atoms with Gasteiger partial charge in [-0.25, -0.2) is 4.57 Å². The van der Waals surface area contributed by atoms with E-state index in [0.29, 0.717) is 0 Å². The highest BCUT2D eigenvalue weighted by molar-refractivity contribution is 7.48. The molecule has 4 nitrogen and oxygen atoms in total. The summed E-state index contributed by atoms with van der Waals surface area (Å²) in [5.74, 6) is 0. The fraction of sp³-hybridized carbons (Fsp3) is 1.00. The standard InChI is InChI=1S/C5H11O4P/c1-4-5(2)9-10(6,7-3)8-4/h4-5H,1-3H3/t4-,5+,10?. The Morgan fingerprint density at radius 3 is 1.90 bits per heavy atom. The Balaban J connectivity index is 2.64. The van der Waals surface area contributed by atoms with Gasteiger partial charge in [-0.3, -0.25) is 13.6 Å². The summed E-state index contributed by atoms with van der Waals surface area (Å²) in [5.41, 5.74) is 0. The summed E-state index contributed by atoms with van der Waals surface area (Å²) in [6.07, 6.45) is -0.295. The number of hydrogen-bond acceptors (Lipinski definition) is 4. The third-order valence-corrected chi connectivity index (χ3v) is 3.10. The third kappa shape index (κ3) is 1.40. The molecule has 0 amide bonds. The quantitative estimate of drug-likeness (QED) is 0.554. The minimum atomic E-state index is -3.16. The van der Waals surface area contributed by atoms with Gasteiger partial charge in [0.1, 0.15) is 0 Å². The van der Waals surface area contributed by atoms with E-state index in [0.717, 1.165) is 0 Å². The van der Waals surface area contributed by atoms with Gasteiger partial charge in [-0.15, -0.1) is 0 Å². The van der Waals surface area contributed by atoms with E-state index < -0.39 is 7.82 Å². The monoisotopic (exact) mass is 166 g/mol. The van der Waals surface area contributed by atoms with Gasteiger partial charge in [0.25, 0.3) is 0 Å². The largest absolute Gasteiger partial charge is 0.475 e. The topological polar surface area (TPSA) is 44.8 Å². The van der Waals surface area contributed by atoms with Crippen molar-refractivity contribution in [1.82, 2.24) is 0 Å². The molecular weight excluding hydrogens is 155 g/mol. The maximum atomic E-state index is 11.1. The second-order valence-corrected chi connectivity index (χ2v) is 3.93. The Labute approximate surface area is 60.1 Å². The molecule has 1 aliphatic rings. The second-order valence-electron chi connectivity index (χ2n) is 2.25. The lowest BCUT2D eigenvalue weighted by Crippen LogP contribution is -2.13. The Hall–Kier alpha value is 0.110. The molecule has 60 valence electrons. The highest BCUT2D eigenvalue weighted by Gasteiger charge is 2.40. The summed E-state index contributed by atoms with van der Waals surface area (Å²) in [4.78, 5) is 0. The minimum Gasteiger partial charge on any atom is -0.290 e. The predicted molar refractivity (Wildman–Crippen MR) is 35.7 cm³/mol. The van der Waals surface area contributed by atoms with Crippen LogP contribution in [0.5, 0.6) is 0 Å². The zero-order chi connectivity index (χ0) is 7.78. The van der Waals surface area contributed by atoms with Crippen LogP contribution in [0.1, 0.15) is 13.8 Å². The average molecular weight is 166 g/mol. The lowest BCUT2D eigenvalue weighted by atomic mass is 10.3. The van der Waals surface area contributed by atoms with Gasteiger partial charge in [0.2, 0.25) is 0 Å². The molecule has 5 heteroatoms. The van der Waals surface area contributed by atoms with E-state index in [1.807, 2.05) is 0 Å². The first kappa shape index (κ1) is 8.21. The van der Waals surface area contributed by atoms with E-state index in [1.54, 1.807) is 13.8 Å². The van der Waals surface area contributed by atoms with E-state index >= 15 is 0 Å². The Bertz CT molecular complexity index is 155. The molecule has 1 rings (SSSR count). The first-order valence-corrected chi connectivity index (χ1v) is 4.56. The van der Waals surface area contributed by atoms with Gasteiger partial charge in [0, 0.05) is 7.11 Å². The molecule has 0 saturated carbocycles. The maximum absolute atomic E-state index is 11.1. The van der Waals surface area contributed by atoms with Crippen molar-refractivity contribution in [2.24, 2.45) is 0 Å². The zero-order valence-electron chi connectivity index (χ0n) is 6.23. The highest BCUT2D eigenvalue weighted by Crippen LogP contribution is 2.56. The highest BCUT2D eigenvalue weighted by atomic mass is 31.2. The van der Waals surface area contributed by atoms with Crippen molar-refractivity contribution in [1.29, 1.82) is 0 Å². The van der Waals surface area contributed by atoms with Gasteiger partial charge in [0.05, 0.1) is 12.2 Å². The van der Waals surface area contributed by atoms with Gasteiger partial charge >= 0.3 is 7.82 Å². The zero-order valence-corrected chi connectivity index (χ0v) is 7.13. The molecule has 1 heterocycles. The molecule has 1 unspecified atom stereocenters. The third-order valence-electron chi connectivity index (χ3n) is 1.48. The molecule has 0 aromatic heterocycles. The van der Waals surface area contributed by atoms with Crippen molar-refractivity contribution in [2.45, 2.75) is 26.1 Å². The van der Waals surface area contributed by atoms with Gasteiger partial charge in [0.15, 0.2) is 0 Å². The average Bonchev–Trinajstić information content (AvgIpc) is 2.10. The van der Waals surface area contributed by atoms with E-state index in [2.05, 4.69) is 4.52 Å². The molecule has 3 atom stereocenters. The van der Waals surface area contributed by atoms with Crippen LogP contribution in [0, 0.1) is 0 Å². The van der Waals surface area contributed by atoms with Crippen molar-refractivity contribution in [3.8, 4) is 0 Å². The van der Waals surface area contributed by atoms with Gasteiger partial charge in [-0.2, -0.15) is 0 Å². The molecule has 1 saturated heterocycles. The predicted octanol–water partition coefficient (Wildman–Crippen LogP) is 1.56. The van der Waals surface area contributed by atoms with Gasteiger partial charge < -0.3 is 0 Å². The smallest absolute Gasteiger partial charge is 0.290 e. The molecule has 0 bridgehead atoms. The summed E-state index contributed by atoms with van der Waals surface area (Å²) in [7, 11) is -1.85. The summed E-state index contributed by atoms with van der Waals surface area (Å²) in [6, 6.07) is 0. The number of hydrogen-bond donors (Lipinski definition) is 0. The molecule has 0 aliphatic carbocycles. The van der Waals surface area contributed by atoms with Crippen LogP contribution >= 0.6 is 7.82 Å². The second kappa shape index (κ2) is 2.62. The maximum Gasteiger partial charge on any atom is 0.475 e. The first-order chi connectivity index (χ1) is 4.57. The van der Waals surface area contributed by atoms with Crippen LogP contribution in [0.2, 0.25) is 0 Å². The summed E-state index contributed by atoms with van der Waals surface area (Å²) in [6.45, 7) is 3.59. The van der Waals surface area contributed by atoms with Crippen LogP contribution in [0.25, 0.3) is 0 Å². The van der Waals surface area contributed by atoms with Gasteiger partial charge in [-0.05, 0) is 13.8 Å². The summed E-state index contributed by atoms with van der Waals surface area (Å²) in [5, 5.41) is 0. The fourth-order valence-electron chi connectivity index (χ4n) is 0.690. The molecule has 0 aromatic carbocycles. The molecule has 1 fully saturated rings. The normalized spacial score (nSPS) is 47.9. The van der Waals surface area contributed by atoms with E-state index in [9.17, 15) is 4.57 Å². The van der Waals surface area contributed by atoms with Gasteiger partial charge in [-0.1, -0.05) is 0 Å². The van der Waals surface area contributed by atoms with Crippen LogP contribution in [-0.2, 0) is 18.1 Å². The lowest BCUT2D eigenvalue weighted by Gasteiger charge is -2.04. The molecule has 0 N–H and O–H groups in total. The Kier molecular flexibility index (Phi) is 2.15. The molecule has 10 heavy (non-hydrogen) atoms.